The third kappa shape index (κ3) is 5.66. The van der Waals surface area contributed by atoms with Gasteiger partial charge in [0.1, 0.15) is 6.42 Å². The molecule has 0 aromatic heterocycles. The van der Waals surface area contributed by atoms with Crippen molar-refractivity contribution in [3.05, 3.63) is 0 Å². The fourth-order valence-corrected chi connectivity index (χ4v) is 0.816. The number of carbonyl (C=O) groups excluding carboxylic acids is 3. The van der Waals surface area contributed by atoms with E-state index >= 15 is 0 Å². The van der Waals surface area contributed by atoms with Crippen LogP contribution in [0.3, 0.4) is 0 Å². The molecule has 0 fully saturated rings. The van der Waals surface area contributed by atoms with Gasteiger partial charge in [-0.3, -0.25) is 14.4 Å². The van der Waals surface area contributed by atoms with E-state index in [1.807, 2.05) is 0 Å². The molecule has 0 spiro atoms. The highest BCUT2D eigenvalue weighted by Gasteiger charge is 2.14. The van der Waals surface area contributed by atoms with Crippen molar-refractivity contribution in [2.75, 3.05) is 27.8 Å². The van der Waals surface area contributed by atoms with E-state index in [4.69, 9.17) is 0 Å². The van der Waals surface area contributed by atoms with Crippen LogP contribution in [0.5, 0.6) is 0 Å². The summed E-state index contributed by atoms with van der Waals surface area (Å²) in [6.45, 7) is 0.225. The lowest BCUT2D eigenvalue weighted by Gasteiger charge is -2.15. The second kappa shape index (κ2) is 6.80. The Bertz CT molecular complexity index is 251. The molecule has 0 heterocycles. The van der Waals surface area contributed by atoms with Gasteiger partial charge in [0.25, 0.3) is 0 Å². The van der Waals surface area contributed by atoms with Crippen LogP contribution in [-0.4, -0.2) is 50.6 Å². The summed E-state index contributed by atoms with van der Waals surface area (Å²) in [5, 5.41) is 0. The van der Waals surface area contributed by atoms with Gasteiger partial charge in [0, 0.05) is 13.6 Å². The van der Waals surface area contributed by atoms with Crippen LogP contribution in [0.25, 0.3) is 0 Å². The van der Waals surface area contributed by atoms with Gasteiger partial charge in [0.15, 0.2) is 0 Å². The number of nitrogens with zero attached hydrogens (tertiary/aromatic N) is 1. The minimum absolute atomic E-state index is 0.111. The summed E-state index contributed by atoms with van der Waals surface area (Å²) in [5.41, 5.74) is 0. The molecule has 0 aliphatic heterocycles. The number of hydrogen-bond acceptors (Lipinski definition) is 5. The number of esters is 2. The first-order valence-electron chi connectivity index (χ1n) is 4.38. The first kappa shape index (κ1) is 13.4. The van der Waals surface area contributed by atoms with E-state index in [9.17, 15) is 14.4 Å². The molecule has 0 aromatic carbocycles. The Hall–Kier alpha value is -1.59. The molecule has 0 radical (unpaired) electrons. The molecule has 0 N–H and O–H groups in total. The molecule has 6 heteroatoms. The highest BCUT2D eigenvalue weighted by Crippen LogP contribution is 1.95. The van der Waals surface area contributed by atoms with Crippen LogP contribution in [0.4, 0.5) is 0 Å². The van der Waals surface area contributed by atoms with Gasteiger partial charge in [-0.1, -0.05) is 0 Å². The summed E-state index contributed by atoms with van der Waals surface area (Å²) in [7, 11) is 4.00. The lowest BCUT2D eigenvalue weighted by atomic mass is 10.3. The van der Waals surface area contributed by atoms with Crippen molar-refractivity contribution in [2.45, 2.75) is 12.8 Å². The van der Waals surface area contributed by atoms with E-state index in [0.29, 0.717) is 0 Å². The number of hydrogen-bond donors (Lipinski definition) is 0. The molecular weight excluding hydrogens is 202 g/mol. The Balaban J connectivity index is 3.89. The summed E-state index contributed by atoms with van der Waals surface area (Å²) in [5.74, 6) is -1.37. The molecule has 6 nitrogen and oxygen atoms in total. The highest BCUT2D eigenvalue weighted by atomic mass is 16.5. The van der Waals surface area contributed by atoms with Crippen LogP contribution in [0.15, 0.2) is 0 Å². The zero-order chi connectivity index (χ0) is 11.8. The molecule has 0 aliphatic carbocycles. The number of amides is 1. The second-order valence-electron chi connectivity index (χ2n) is 2.89. The predicted molar refractivity (Wildman–Crippen MR) is 50.9 cm³/mol. The summed E-state index contributed by atoms with van der Waals surface area (Å²) >= 11 is 0. The normalized spacial score (nSPS) is 9.27. The van der Waals surface area contributed by atoms with Crippen molar-refractivity contribution in [1.29, 1.82) is 0 Å². The maximum Gasteiger partial charge on any atom is 0.315 e. The second-order valence-corrected chi connectivity index (χ2v) is 2.89. The lowest BCUT2D eigenvalue weighted by Crippen LogP contribution is -2.31. The van der Waals surface area contributed by atoms with E-state index in [0.717, 1.165) is 0 Å². The molecule has 15 heavy (non-hydrogen) atoms. The Morgan fingerprint density at radius 3 is 2.07 bits per heavy atom. The minimum atomic E-state index is -0.593. The van der Waals surface area contributed by atoms with E-state index in [-0.39, 0.29) is 25.3 Å². The standard InChI is InChI=1S/C9H15NO5/c1-10(5-4-8(12)14-2)7(11)6-9(13)15-3/h4-6H2,1-3H3. The van der Waals surface area contributed by atoms with Gasteiger partial charge < -0.3 is 14.4 Å². The smallest absolute Gasteiger partial charge is 0.315 e. The largest absolute Gasteiger partial charge is 0.469 e. The molecule has 0 bridgehead atoms. The molecule has 0 saturated heterocycles. The van der Waals surface area contributed by atoms with Gasteiger partial charge in [0.05, 0.1) is 20.6 Å². The van der Waals surface area contributed by atoms with Crippen LogP contribution in [-0.2, 0) is 23.9 Å². The zero-order valence-corrected chi connectivity index (χ0v) is 9.11. The molecule has 0 atom stereocenters. The highest BCUT2D eigenvalue weighted by molar-refractivity contribution is 5.94. The lowest BCUT2D eigenvalue weighted by molar-refractivity contribution is -0.146. The fourth-order valence-electron chi connectivity index (χ4n) is 0.816. The molecule has 0 aliphatic rings. The fraction of sp³-hybridized carbons (Fsp3) is 0.667. The van der Waals surface area contributed by atoms with E-state index in [1.54, 1.807) is 0 Å². The molecule has 86 valence electrons. The monoisotopic (exact) mass is 217 g/mol. The molecular formula is C9H15NO5. The predicted octanol–water partition coefficient (Wildman–Crippen LogP) is -0.429. The van der Waals surface area contributed by atoms with Crippen molar-refractivity contribution in [3.8, 4) is 0 Å². The third-order valence-corrected chi connectivity index (χ3v) is 1.83. The van der Waals surface area contributed by atoms with Gasteiger partial charge in [-0.05, 0) is 0 Å². The molecule has 0 aromatic rings. The number of ether oxygens (including phenoxy) is 2. The van der Waals surface area contributed by atoms with Crippen molar-refractivity contribution < 1.29 is 23.9 Å². The van der Waals surface area contributed by atoms with Crippen LogP contribution < -0.4 is 0 Å². The van der Waals surface area contributed by atoms with Crippen LogP contribution in [0.1, 0.15) is 12.8 Å². The van der Waals surface area contributed by atoms with Crippen molar-refractivity contribution in [1.82, 2.24) is 4.90 Å². The van der Waals surface area contributed by atoms with E-state index in [2.05, 4.69) is 9.47 Å². The van der Waals surface area contributed by atoms with Crippen LogP contribution >= 0.6 is 0 Å². The quantitative estimate of drug-likeness (QED) is 0.461. The number of methoxy groups -OCH3 is 2. The van der Waals surface area contributed by atoms with Crippen LogP contribution in [0.2, 0.25) is 0 Å². The maximum atomic E-state index is 11.3. The third-order valence-electron chi connectivity index (χ3n) is 1.83. The average Bonchev–Trinajstić information content (AvgIpc) is 2.24. The topological polar surface area (TPSA) is 72.9 Å². The van der Waals surface area contributed by atoms with Crippen molar-refractivity contribution >= 4 is 17.8 Å². The molecule has 0 rings (SSSR count). The summed E-state index contributed by atoms with van der Waals surface area (Å²) in [6, 6.07) is 0. The van der Waals surface area contributed by atoms with Crippen molar-refractivity contribution in [2.24, 2.45) is 0 Å². The van der Waals surface area contributed by atoms with Crippen molar-refractivity contribution in [3.63, 3.8) is 0 Å². The first-order chi connectivity index (χ1) is 7.01. The van der Waals surface area contributed by atoms with Gasteiger partial charge in [-0.25, -0.2) is 0 Å². The number of carbonyl (C=O) groups is 3. The Labute approximate surface area is 88.1 Å². The summed E-state index contributed by atoms with van der Waals surface area (Å²) in [4.78, 5) is 34.1. The first-order valence-corrected chi connectivity index (χ1v) is 4.38. The van der Waals surface area contributed by atoms with Gasteiger partial charge in [-0.2, -0.15) is 0 Å². The van der Waals surface area contributed by atoms with Crippen LogP contribution in [0, 0.1) is 0 Å². The SMILES string of the molecule is COC(=O)CCN(C)C(=O)CC(=O)OC. The Morgan fingerprint density at radius 2 is 1.60 bits per heavy atom. The average molecular weight is 217 g/mol. The Kier molecular flexibility index (Phi) is 6.08. The van der Waals surface area contributed by atoms with E-state index in [1.165, 1.54) is 26.2 Å². The van der Waals surface area contributed by atoms with Gasteiger partial charge in [0.2, 0.25) is 5.91 Å². The van der Waals surface area contributed by atoms with Gasteiger partial charge >= 0.3 is 11.9 Å². The number of rotatable bonds is 5. The summed E-state index contributed by atoms with van der Waals surface area (Å²) < 4.78 is 8.75. The van der Waals surface area contributed by atoms with Gasteiger partial charge in [-0.15, -0.1) is 0 Å². The maximum absolute atomic E-state index is 11.3. The Morgan fingerprint density at radius 1 is 1.07 bits per heavy atom. The molecule has 0 unspecified atom stereocenters. The minimum Gasteiger partial charge on any atom is -0.469 e. The molecule has 1 amide bonds. The van der Waals surface area contributed by atoms with E-state index < -0.39 is 11.9 Å². The zero-order valence-electron chi connectivity index (χ0n) is 9.11. The summed E-state index contributed by atoms with van der Waals surface area (Å²) in [6.07, 6.45) is -0.200. The molecule has 0 saturated carbocycles.